The van der Waals surface area contributed by atoms with Gasteiger partial charge in [0, 0.05) is 0 Å². The van der Waals surface area contributed by atoms with Crippen molar-refractivity contribution in [2.24, 2.45) is 0 Å². The van der Waals surface area contributed by atoms with E-state index in [0.29, 0.717) is 0 Å². The summed E-state index contributed by atoms with van der Waals surface area (Å²) in [4.78, 5) is 0. The lowest BCUT2D eigenvalue weighted by Gasteiger charge is -2.14. The summed E-state index contributed by atoms with van der Waals surface area (Å²) in [6.07, 6.45) is -4.86. The molecule has 0 rings (SSSR count). The zero-order valence-electron chi connectivity index (χ0n) is 6.02. The fraction of sp³-hybridized carbons (Fsp3) is 0.429. The van der Waals surface area contributed by atoms with Crippen LogP contribution >= 0.6 is 0 Å². The molecule has 1 nitrogen and oxygen atoms in total. The molecule has 4 heteroatoms. The Morgan fingerprint density at radius 2 is 2.00 bits per heavy atom. The average molecular weight is 166 g/mol. The van der Waals surface area contributed by atoms with Gasteiger partial charge >= 0.3 is 6.18 Å². The van der Waals surface area contributed by atoms with Crippen LogP contribution < -0.4 is 0 Å². The SMILES string of the molecule is C=CC(=CC)C(O)C(F)(F)F. The van der Waals surface area contributed by atoms with Crippen LogP contribution in [0, 0.1) is 0 Å². The number of aliphatic hydroxyl groups is 1. The smallest absolute Gasteiger partial charge is 0.379 e. The van der Waals surface area contributed by atoms with Crippen molar-refractivity contribution in [2.75, 3.05) is 0 Å². The van der Waals surface area contributed by atoms with Crippen LogP contribution in [0.4, 0.5) is 13.2 Å². The Morgan fingerprint density at radius 3 is 2.09 bits per heavy atom. The summed E-state index contributed by atoms with van der Waals surface area (Å²) in [6.45, 7) is 4.55. The fourth-order valence-corrected chi connectivity index (χ4v) is 0.576. The van der Waals surface area contributed by atoms with Crippen molar-refractivity contribution in [1.29, 1.82) is 0 Å². The summed E-state index contributed by atoms with van der Waals surface area (Å²) in [5.74, 6) is 0. The summed E-state index contributed by atoms with van der Waals surface area (Å²) in [5, 5.41) is 8.58. The molecule has 11 heavy (non-hydrogen) atoms. The maximum absolute atomic E-state index is 11.7. The number of aliphatic hydroxyl groups excluding tert-OH is 1. The molecule has 0 aliphatic carbocycles. The Balaban J connectivity index is 4.47. The molecule has 64 valence electrons. The van der Waals surface area contributed by atoms with Gasteiger partial charge in [0.15, 0.2) is 6.10 Å². The number of halogens is 3. The summed E-state index contributed by atoms with van der Waals surface area (Å²) in [6, 6.07) is 0. The summed E-state index contributed by atoms with van der Waals surface area (Å²) in [5.41, 5.74) is -0.225. The number of alkyl halides is 3. The number of hydrogen-bond donors (Lipinski definition) is 1. The van der Waals surface area contributed by atoms with E-state index in [-0.39, 0.29) is 5.57 Å². The van der Waals surface area contributed by atoms with Gasteiger partial charge in [-0.05, 0) is 12.5 Å². The molecule has 0 spiro atoms. The van der Waals surface area contributed by atoms with Crippen molar-refractivity contribution in [3.8, 4) is 0 Å². The molecule has 0 fully saturated rings. The van der Waals surface area contributed by atoms with Gasteiger partial charge in [-0.3, -0.25) is 0 Å². The van der Waals surface area contributed by atoms with Crippen molar-refractivity contribution in [2.45, 2.75) is 19.2 Å². The number of rotatable bonds is 2. The van der Waals surface area contributed by atoms with E-state index in [4.69, 9.17) is 5.11 Å². The van der Waals surface area contributed by atoms with Gasteiger partial charge in [0.25, 0.3) is 0 Å². The van der Waals surface area contributed by atoms with Crippen LogP contribution in [0.15, 0.2) is 24.3 Å². The standard InChI is InChI=1S/C7H9F3O/c1-3-5(4-2)6(11)7(8,9)10/h3-4,6,11H,1H2,2H3. The molecule has 0 radical (unpaired) electrons. The van der Waals surface area contributed by atoms with Crippen molar-refractivity contribution < 1.29 is 18.3 Å². The minimum atomic E-state index is -4.60. The highest BCUT2D eigenvalue weighted by Crippen LogP contribution is 2.25. The zero-order valence-corrected chi connectivity index (χ0v) is 6.02. The molecule has 0 aromatic heterocycles. The Kier molecular flexibility index (Phi) is 3.32. The first-order valence-corrected chi connectivity index (χ1v) is 2.97. The van der Waals surface area contributed by atoms with Crippen LogP contribution in [0.2, 0.25) is 0 Å². The third-order valence-corrected chi connectivity index (χ3v) is 1.19. The minimum Gasteiger partial charge on any atom is -0.379 e. The molecular weight excluding hydrogens is 157 g/mol. The van der Waals surface area contributed by atoms with E-state index >= 15 is 0 Å². The first-order valence-electron chi connectivity index (χ1n) is 2.97. The third kappa shape index (κ3) is 2.76. The Labute approximate surface area is 62.8 Å². The maximum Gasteiger partial charge on any atom is 0.418 e. The number of allylic oxidation sites excluding steroid dienone is 1. The Hall–Kier alpha value is -0.770. The zero-order chi connectivity index (χ0) is 9.07. The van der Waals surface area contributed by atoms with E-state index < -0.39 is 12.3 Å². The second-order valence-corrected chi connectivity index (χ2v) is 1.94. The predicted octanol–water partition coefficient (Wildman–Crippen LogP) is 2.04. The highest BCUT2D eigenvalue weighted by molar-refractivity contribution is 5.21. The average Bonchev–Trinajstić information content (AvgIpc) is 1.88. The van der Waals surface area contributed by atoms with Gasteiger partial charge in [-0.25, -0.2) is 0 Å². The lowest BCUT2D eigenvalue weighted by Crippen LogP contribution is -2.29. The molecule has 1 unspecified atom stereocenters. The molecular formula is C7H9F3O. The monoisotopic (exact) mass is 166 g/mol. The molecule has 0 amide bonds. The number of hydrogen-bond acceptors (Lipinski definition) is 1. The quantitative estimate of drug-likeness (QED) is 0.622. The largest absolute Gasteiger partial charge is 0.418 e. The summed E-state index contributed by atoms with van der Waals surface area (Å²) < 4.78 is 35.2. The van der Waals surface area contributed by atoms with Crippen molar-refractivity contribution in [1.82, 2.24) is 0 Å². The Morgan fingerprint density at radius 1 is 1.55 bits per heavy atom. The van der Waals surface area contributed by atoms with Crippen molar-refractivity contribution in [3.63, 3.8) is 0 Å². The topological polar surface area (TPSA) is 20.2 Å². The van der Waals surface area contributed by atoms with Crippen LogP contribution in [-0.4, -0.2) is 17.4 Å². The van der Waals surface area contributed by atoms with Gasteiger partial charge in [0.1, 0.15) is 0 Å². The third-order valence-electron chi connectivity index (χ3n) is 1.19. The molecule has 1 N–H and O–H groups in total. The van der Waals surface area contributed by atoms with Crippen LogP contribution in [0.5, 0.6) is 0 Å². The van der Waals surface area contributed by atoms with Gasteiger partial charge in [-0.2, -0.15) is 13.2 Å². The van der Waals surface area contributed by atoms with Crippen molar-refractivity contribution in [3.05, 3.63) is 24.3 Å². The van der Waals surface area contributed by atoms with Gasteiger partial charge < -0.3 is 5.11 Å². The molecule has 0 aliphatic heterocycles. The van der Waals surface area contributed by atoms with Gasteiger partial charge in [0.2, 0.25) is 0 Å². The van der Waals surface area contributed by atoms with E-state index in [1.165, 1.54) is 13.0 Å². The molecule has 0 bridgehead atoms. The van der Waals surface area contributed by atoms with E-state index in [1.807, 2.05) is 0 Å². The van der Waals surface area contributed by atoms with E-state index in [0.717, 1.165) is 6.08 Å². The second-order valence-electron chi connectivity index (χ2n) is 1.94. The van der Waals surface area contributed by atoms with Gasteiger partial charge in [-0.15, -0.1) is 0 Å². The lowest BCUT2D eigenvalue weighted by molar-refractivity contribution is -0.190. The molecule has 0 saturated carbocycles. The predicted molar refractivity (Wildman–Crippen MR) is 36.0 cm³/mol. The van der Waals surface area contributed by atoms with Crippen LogP contribution in [0.1, 0.15) is 6.92 Å². The second kappa shape index (κ2) is 3.57. The lowest BCUT2D eigenvalue weighted by atomic mass is 10.1. The van der Waals surface area contributed by atoms with Crippen LogP contribution in [0.25, 0.3) is 0 Å². The highest BCUT2D eigenvalue weighted by Gasteiger charge is 2.39. The molecule has 0 saturated heterocycles. The van der Waals surface area contributed by atoms with Gasteiger partial charge in [-0.1, -0.05) is 18.7 Å². The van der Waals surface area contributed by atoms with Crippen molar-refractivity contribution >= 4 is 0 Å². The highest BCUT2D eigenvalue weighted by atomic mass is 19.4. The van der Waals surface area contributed by atoms with Gasteiger partial charge in [0.05, 0.1) is 0 Å². The van der Waals surface area contributed by atoms with E-state index in [9.17, 15) is 13.2 Å². The first-order chi connectivity index (χ1) is 4.93. The summed E-state index contributed by atoms with van der Waals surface area (Å²) in [7, 11) is 0. The fourth-order valence-electron chi connectivity index (χ4n) is 0.576. The molecule has 1 atom stereocenters. The molecule has 0 aliphatic rings. The van der Waals surface area contributed by atoms with E-state index in [2.05, 4.69) is 6.58 Å². The normalized spacial score (nSPS) is 16.3. The molecule has 0 heterocycles. The summed E-state index contributed by atoms with van der Waals surface area (Å²) >= 11 is 0. The van der Waals surface area contributed by atoms with E-state index in [1.54, 1.807) is 0 Å². The maximum atomic E-state index is 11.7. The van der Waals surface area contributed by atoms with Crippen LogP contribution in [0.3, 0.4) is 0 Å². The minimum absolute atomic E-state index is 0.225. The first kappa shape index (κ1) is 10.2. The van der Waals surface area contributed by atoms with Crippen LogP contribution in [-0.2, 0) is 0 Å². The Bertz CT molecular complexity index is 169. The molecule has 0 aromatic rings. The molecule has 0 aromatic carbocycles.